The molecule has 1 unspecified atom stereocenters. The molecule has 2 aliphatic heterocycles. The first-order valence-corrected chi connectivity index (χ1v) is 9.20. The van der Waals surface area contributed by atoms with Crippen LogP contribution in [-0.4, -0.2) is 45.2 Å². The highest BCUT2D eigenvalue weighted by Crippen LogP contribution is 2.38. The van der Waals surface area contributed by atoms with Crippen molar-refractivity contribution in [2.75, 3.05) is 26.4 Å². The Morgan fingerprint density at radius 3 is 2.08 bits per heavy atom. The standard InChI is InChI=1S/C18H27F3O4/c1-2-3-12-8-22-17(23-9-12)14-10-24-16(25-11-14)13-4-6-15(7-5-13)18(19,20)21/h6,12-14,16-17H,2-5,7-11H2,1H3. The highest BCUT2D eigenvalue weighted by atomic mass is 19.4. The van der Waals surface area contributed by atoms with E-state index in [9.17, 15) is 13.2 Å². The van der Waals surface area contributed by atoms with Gasteiger partial charge in [0.15, 0.2) is 12.6 Å². The minimum Gasteiger partial charge on any atom is -0.352 e. The molecule has 0 aromatic carbocycles. The summed E-state index contributed by atoms with van der Waals surface area (Å²) in [6.07, 6.45) is -0.629. The zero-order valence-corrected chi connectivity index (χ0v) is 14.6. The molecule has 25 heavy (non-hydrogen) atoms. The van der Waals surface area contributed by atoms with Gasteiger partial charge in [-0.25, -0.2) is 0 Å². The fourth-order valence-electron chi connectivity index (χ4n) is 3.73. The van der Waals surface area contributed by atoms with Crippen molar-refractivity contribution in [3.63, 3.8) is 0 Å². The van der Waals surface area contributed by atoms with E-state index < -0.39 is 18.0 Å². The molecule has 144 valence electrons. The number of rotatable bonds is 4. The SMILES string of the molecule is CCCC1COC(C2COC(C3CC=C(C(F)(F)F)CC3)OC2)OC1. The van der Waals surface area contributed by atoms with Gasteiger partial charge in [-0.05, 0) is 25.7 Å². The third-order valence-electron chi connectivity index (χ3n) is 5.22. The predicted octanol–water partition coefficient (Wildman–Crippen LogP) is 4.05. The minimum atomic E-state index is -4.21. The molecule has 0 aromatic heterocycles. The normalized spacial score (nSPS) is 37.6. The molecule has 0 bridgehead atoms. The molecule has 0 amide bonds. The summed E-state index contributed by atoms with van der Waals surface area (Å²) in [5.41, 5.74) is -0.428. The van der Waals surface area contributed by atoms with Crippen LogP contribution in [0.1, 0.15) is 39.0 Å². The number of halogens is 3. The second-order valence-electron chi connectivity index (χ2n) is 7.25. The van der Waals surface area contributed by atoms with Crippen molar-refractivity contribution in [3.8, 4) is 0 Å². The van der Waals surface area contributed by atoms with E-state index in [1.807, 2.05) is 0 Å². The molecule has 3 rings (SSSR count). The van der Waals surface area contributed by atoms with Crippen LogP contribution in [0.4, 0.5) is 13.2 Å². The topological polar surface area (TPSA) is 36.9 Å². The maximum absolute atomic E-state index is 12.7. The van der Waals surface area contributed by atoms with Crippen LogP contribution < -0.4 is 0 Å². The third kappa shape index (κ3) is 4.96. The molecule has 2 fully saturated rings. The van der Waals surface area contributed by atoms with E-state index in [4.69, 9.17) is 18.9 Å². The van der Waals surface area contributed by atoms with Gasteiger partial charge >= 0.3 is 6.18 Å². The van der Waals surface area contributed by atoms with Crippen LogP contribution in [0.25, 0.3) is 0 Å². The van der Waals surface area contributed by atoms with Gasteiger partial charge in [0.05, 0.1) is 32.3 Å². The van der Waals surface area contributed by atoms with Crippen LogP contribution in [0.15, 0.2) is 11.6 Å². The Kier molecular flexibility index (Phi) is 6.41. The first kappa shape index (κ1) is 19.1. The van der Waals surface area contributed by atoms with E-state index in [1.165, 1.54) is 6.08 Å². The molecule has 0 N–H and O–H groups in total. The predicted molar refractivity (Wildman–Crippen MR) is 84.8 cm³/mol. The monoisotopic (exact) mass is 364 g/mol. The Morgan fingerprint density at radius 1 is 0.960 bits per heavy atom. The lowest BCUT2D eigenvalue weighted by Gasteiger charge is -2.39. The van der Waals surface area contributed by atoms with Crippen LogP contribution in [0.5, 0.6) is 0 Å². The van der Waals surface area contributed by atoms with Crippen LogP contribution in [0.3, 0.4) is 0 Å². The summed E-state index contributed by atoms with van der Waals surface area (Å²) >= 11 is 0. The van der Waals surface area contributed by atoms with Crippen molar-refractivity contribution in [1.29, 1.82) is 0 Å². The van der Waals surface area contributed by atoms with E-state index in [-0.39, 0.29) is 24.5 Å². The van der Waals surface area contributed by atoms with Crippen molar-refractivity contribution in [3.05, 3.63) is 11.6 Å². The zero-order chi connectivity index (χ0) is 17.9. The van der Waals surface area contributed by atoms with E-state index in [2.05, 4.69) is 6.92 Å². The van der Waals surface area contributed by atoms with Gasteiger partial charge in [0.1, 0.15) is 0 Å². The van der Waals surface area contributed by atoms with Crippen LogP contribution in [-0.2, 0) is 18.9 Å². The average Bonchev–Trinajstić information content (AvgIpc) is 2.62. The van der Waals surface area contributed by atoms with Crippen molar-refractivity contribution < 1.29 is 32.1 Å². The van der Waals surface area contributed by atoms with Crippen molar-refractivity contribution in [1.82, 2.24) is 0 Å². The second kappa shape index (κ2) is 8.37. The van der Waals surface area contributed by atoms with Gasteiger partial charge in [0.2, 0.25) is 0 Å². The number of alkyl halides is 3. The maximum atomic E-state index is 12.7. The number of hydrogen-bond acceptors (Lipinski definition) is 4. The fourth-order valence-corrected chi connectivity index (χ4v) is 3.73. The van der Waals surface area contributed by atoms with Crippen molar-refractivity contribution >= 4 is 0 Å². The van der Waals surface area contributed by atoms with E-state index >= 15 is 0 Å². The van der Waals surface area contributed by atoms with Gasteiger partial charge in [-0.1, -0.05) is 19.4 Å². The van der Waals surface area contributed by atoms with Crippen molar-refractivity contribution in [2.45, 2.75) is 57.8 Å². The Bertz CT molecular complexity index is 450. The first-order valence-electron chi connectivity index (χ1n) is 9.20. The smallest absolute Gasteiger partial charge is 0.352 e. The third-order valence-corrected chi connectivity index (χ3v) is 5.22. The van der Waals surface area contributed by atoms with E-state index in [0.29, 0.717) is 45.2 Å². The molecule has 1 atom stereocenters. The van der Waals surface area contributed by atoms with E-state index in [0.717, 1.165) is 12.8 Å². The lowest BCUT2D eigenvalue weighted by Crippen LogP contribution is -2.46. The lowest BCUT2D eigenvalue weighted by atomic mass is 9.88. The summed E-state index contributed by atoms with van der Waals surface area (Å²) in [5, 5.41) is 0. The Balaban J connectivity index is 1.42. The summed E-state index contributed by atoms with van der Waals surface area (Å²) in [6.45, 7) is 4.46. The van der Waals surface area contributed by atoms with Gasteiger partial charge in [0, 0.05) is 17.4 Å². The lowest BCUT2D eigenvalue weighted by molar-refractivity contribution is -0.290. The molecule has 0 aromatic rings. The minimum absolute atomic E-state index is 0.0173. The summed E-state index contributed by atoms with van der Waals surface area (Å²) in [4.78, 5) is 0. The van der Waals surface area contributed by atoms with Crippen LogP contribution in [0, 0.1) is 17.8 Å². The molecule has 2 saturated heterocycles. The van der Waals surface area contributed by atoms with E-state index in [1.54, 1.807) is 0 Å². The molecular weight excluding hydrogens is 337 g/mol. The largest absolute Gasteiger partial charge is 0.412 e. The molecule has 0 spiro atoms. The molecular formula is C18H27F3O4. The number of allylic oxidation sites excluding steroid dienone is 2. The number of ether oxygens (including phenoxy) is 4. The average molecular weight is 364 g/mol. The summed E-state index contributed by atoms with van der Waals surface area (Å²) in [5.74, 6) is 0.453. The Morgan fingerprint density at radius 2 is 1.56 bits per heavy atom. The summed E-state index contributed by atoms with van der Waals surface area (Å²) in [7, 11) is 0. The molecule has 2 heterocycles. The maximum Gasteiger partial charge on any atom is 0.412 e. The number of hydrogen-bond donors (Lipinski definition) is 0. The second-order valence-corrected chi connectivity index (χ2v) is 7.25. The van der Waals surface area contributed by atoms with Gasteiger partial charge in [-0.3, -0.25) is 0 Å². The molecule has 0 saturated carbocycles. The molecule has 4 nitrogen and oxygen atoms in total. The first-order chi connectivity index (χ1) is 12.0. The van der Waals surface area contributed by atoms with Crippen LogP contribution in [0.2, 0.25) is 0 Å². The summed E-state index contributed by atoms with van der Waals surface area (Å²) < 4.78 is 61.2. The zero-order valence-electron chi connectivity index (χ0n) is 14.6. The van der Waals surface area contributed by atoms with Gasteiger partial charge in [-0.2, -0.15) is 13.2 Å². The van der Waals surface area contributed by atoms with Gasteiger partial charge in [0.25, 0.3) is 0 Å². The highest BCUT2D eigenvalue weighted by Gasteiger charge is 2.39. The molecule has 0 radical (unpaired) electrons. The molecule has 1 aliphatic carbocycles. The molecule has 7 heteroatoms. The molecule has 3 aliphatic rings. The van der Waals surface area contributed by atoms with Crippen LogP contribution >= 0.6 is 0 Å². The Labute approximate surface area is 146 Å². The van der Waals surface area contributed by atoms with Gasteiger partial charge < -0.3 is 18.9 Å². The van der Waals surface area contributed by atoms with Gasteiger partial charge in [-0.15, -0.1) is 0 Å². The van der Waals surface area contributed by atoms with Crippen molar-refractivity contribution in [2.24, 2.45) is 17.8 Å². The fraction of sp³-hybridized carbons (Fsp3) is 0.889. The quantitative estimate of drug-likeness (QED) is 0.705. The highest BCUT2D eigenvalue weighted by molar-refractivity contribution is 5.12. The summed E-state index contributed by atoms with van der Waals surface area (Å²) in [6, 6.07) is 0. The Hall–Kier alpha value is -0.630.